The third-order valence-corrected chi connectivity index (χ3v) is 2.33. The molecule has 0 aliphatic carbocycles. The molecule has 0 aliphatic heterocycles. The number of rotatable bonds is 8. The van der Waals surface area contributed by atoms with Crippen LogP contribution in [0.5, 0.6) is 11.5 Å². The third kappa shape index (κ3) is 4.63. The summed E-state index contributed by atoms with van der Waals surface area (Å²) in [6.45, 7) is 1.12. The minimum atomic E-state index is -0.870. The quantitative estimate of drug-likeness (QED) is 0.716. The monoisotopic (exact) mass is 254 g/mol. The van der Waals surface area contributed by atoms with E-state index in [1.54, 1.807) is 32.4 Å². The lowest BCUT2D eigenvalue weighted by atomic mass is 10.1. The van der Waals surface area contributed by atoms with E-state index < -0.39 is 5.97 Å². The summed E-state index contributed by atoms with van der Waals surface area (Å²) in [5, 5.41) is 8.74. The van der Waals surface area contributed by atoms with E-state index in [0.717, 1.165) is 6.42 Å². The van der Waals surface area contributed by atoms with Gasteiger partial charge in [0.25, 0.3) is 0 Å². The van der Waals surface area contributed by atoms with Gasteiger partial charge in [0, 0.05) is 20.1 Å². The highest BCUT2D eigenvalue weighted by molar-refractivity contribution is 5.70. The molecule has 0 saturated heterocycles. The van der Waals surface area contributed by atoms with Crippen LogP contribution < -0.4 is 9.47 Å². The number of aliphatic carboxylic acids is 1. The maximum absolute atomic E-state index is 10.6. The van der Waals surface area contributed by atoms with Crippen molar-refractivity contribution in [2.24, 2.45) is 0 Å². The van der Waals surface area contributed by atoms with Gasteiger partial charge in [-0.15, -0.1) is 0 Å². The smallest absolute Gasteiger partial charge is 0.307 e. The molecule has 0 spiro atoms. The van der Waals surface area contributed by atoms with Gasteiger partial charge in [-0.3, -0.25) is 4.79 Å². The number of carbonyl (C=O) groups is 1. The van der Waals surface area contributed by atoms with Gasteiger partial charge in [0.1, 0.15) is 0 Å². The summed E-state index contributed by atoms with van der Waals surface area (Å²) < 4.78 is 15.6. The number of carboxylic acids is 1. The molecule has 0 fully saturated rings. The fraction of sp³-hybridized carbons (Fsp3) is 0.462. The fourth-order valence-corrected chi connectivity index (χ4v) is 1.50. The van der Waals surface area contributed by atoms with Gasteiger partial charge in [-0.05, 0) is 17.7 Å². The van der Waals surface area contributed by atoms with E-state index in [1.807, 2.05) is 0 Å². The van der Waals surface area contributed by atoms with Gasteiger partial charge in [-0.2, -0.15) is 0 Å². The minimum absolute atomic E-state index is 0.0293. The minimum Gasteiger partial charge on any atom is -0.493 e. The largest absolute Gasteiger partial charge is 0.493 e. The molecule has 5 heteroatoms. The Kier molecular flexibility index (Phi) is 6.00. The highest BCUT2D eigenvalue weighted by Gasteiger charge is 2.08. The summed E-state index contributed by atoms with van der Waals surface area (Å²) in [4.78, 5) is 10.6. The second kappa shape index (κ2) is 7.55. The first-order chi connectivity index (χ1) is 8.67. The zero-order valence-corrected chi connectivity index (χ0v) is 10.6. The molecule has 0 unspecified atom stereocenters. The predicted octanol–water partition coefficient (Wildman–Crippen LogP) is 1.74. The number of hydrogen-bond donors (Lipinski definition) is 1. The lowest BCUT2D eigenvalue weighted by molar-refractivity contribution is -0.136. The van der Waals surface area contributed by atoms with E-state index >= 15 is 0 Å². The lowest BCUT2D eigenvalue weighted by Gasteiger charge is -2.11. The molecular formula is C13H18O5. The van der Waals surface area contributed by atoms with Crippen LogP contribution in [-0.2, 0) is 16.0 Å². The molecule has 18 heavy (non-hydrogen) atoms. The number of methoxy groups -OCH3 is 2. The van der Waals surface area contributed by atoms with Crippen molar-refractivity contribution >= 4 is 5.97 Å². The maximum atomic E-state index is 10.6. The number of hydrogen-bond acceptors (Lipinski definition) is 4. The van der Waals surface area contributed by atoms with E-state index in [0.29, 0.717) is 30.3 Å². The SMILES string of the molecule is COCCCOc1cc(CC(=O)O)ccc1OC. The normalized spacial score (nSPS) is 10.1. The van der Waals surface area contributed by atoms with Crippen molar-refractivity contribution in [1.29, 1.82) is 0 Å². The Bertz CT molecular complexity index is 389. The average Bonchev–Trinajstić information content (AvgIpc) is 2.34. The Hall–Kier alpha value is -1.75. The molecule has 1 aromatic carbocycles. The van der Waals surface area contributed by atoms with Crippen LogP contribution in [0, 0.1) is 0 Å². The van der Waals surface area contributed by atoms with Gasteiger partial charge < -0.3 is 19.3 Å². The number of benzene rings is 1. The molecule has 0 amide bonds. The van der Waals surface area contributed by atoms with Gasteiger partial charge in [-0.25, -0.2) is 0 Å². The predicted molar refractivity (Wildman–Crippen MR) is 66.3 cm³/mol. The van der Waals surface area contributed by atoms with Crippen LogP contribution in [0.25, 0.3) is 0 Å². The summed E-state index contributed by atoms with van der Waals surface area (Å²) in [5.41, 5.74) is 0.685. The van der Waals surface area contributed by atoms with E-state index in [1.165, 1.54) is 0 Å². The van der Waals surface area contributed by atoms with E-state index in [-0.39, 0.29) is 6.42 Å². The van der Waals surface area contributed by atoms with E-state index in [4.69, 9.17) is 19.3 Å². The molecular weight excluding hydrogens is 236 g/mol. The van der Waals surface area contributed by atoms with Crippen LogP contribution in [0.2, 0.25) is 0 Å². The Morgan fingerprint density at radius 2 is 2.00 bits per heavy atom. The van der Waals surface area contributed by atoms with Crippen LogP contribution in [-0.4, -0.2) is 38.5 Å². The van der Waals surface area contributed by atoms with Crippen molar-refractivity contribution < 1.29 is 24.1 Å². The summed E-state index contributed by atoms with van der Waals surface area (Å²) in [6.07, 6.45) is 0.737. The molecule has 0 saturated carbocycles. The summed E-state index contributed by atoms with van der Waals surface area (Å²) in [5.74, 6) is 0.291. The van der Waals surface area contributed by atoms with Crippen LogP contribution in [0.4, 0.5) is 0 Å². The Morgan fingerprint density at radius 1 is 1.22 bits per heavy atom. The Balaban J connectivity index is 2.69. The highest BCUT2D eigenvalue weighted by atomic mass is 16.5. The fourth-order valence-electron chi connectivity index (χ4n) is 1.50. The van der Waals surface area contributed by atoms with Crippen molar-refractivity contribution in [3.05, 3.63) is 23.8 Å². The zero-order valence-electron chi connectivity index (χ0n) is 10.6. The van der Waals surface area contributed by atoms with Crippen molar-refractivity contribution in [3.8, 4) is 11.5 Å². The molecule has 0 atom stereocenters. The molecule has 0 aromatic heterocycles. The maximum Gasteiger partial charge on any atom is 0.307 e. The average molecular weight is 254 g/mol. The molecule has 1 N–H and O–H groups in total. The second-order valence-electron chi connectivity index (χ2n) is 3.75. The van der Waals surface area contributed by atoms with Gasteiger partial charge in [0.2, 0.25) is 0 Å². The Morgan fingerprint density at radius 3 is 2.61 bits per heavy atom. The van der Waals surface area contributed by atoms with Crippen molar-refractivity contribution in [2.75, 3.05) is 27.4 Å². The lowest BCUT2D eigenvalue weighted by Crippen LogP contribution is -2.04. The molecule has 0 heterocycles. The standard InChI is InChI=1S/C13H18O5/c1-16-6-3-7-18-12-8-10(9-13(14)15)4-5-11(12)17-2/h4-5,8H,3,6-7,9H2,1-2H3,(H,14,15). The molecule has 5 nitrogen and oxygen atoms in total. The molecule has 0 bridgehead atoms. The van der Waals surface area contributed by atoms with Crippen LogP contribution in [0.3, 0.4) is 0 Å². The summed E-state index contributed by atoms with van der Waals surface area (Å²) in [6, 6.07) is 5.12. The van der Waals surface area contributed by atoms with Gasteiger partial charge in [0.15, 0.2) is 11.5 Å². The first-order valence-corrected chi connectivity index (χ1v) is 5.67. The van der Waals surface area contributed by atoms with E-state index in [9.17, 15) is 4.79 Å². The second-order valence-corrected chi connectivity index (χ2v) is 3.75. The topological polar surface area (TPSA) is 65.0 Å². The summed E-state index contributed by atoms with van der Waals surface area (Å²) >= 11 is 0. The molecule has 1 aromatic rings. The molecule has 0 aliphatic rings. The van der Waals surface area contributed by atoms with Crippen LogP contribution in [0.15, 0.2) is 18.2 Å². The molecule has 0 radical (unpaired) electrons. The third-order valence-electron chi connectivity index (χ3n) is 2.33. The van der Waals surface area contributed by atoms with Crippen molar-refractivity contribution in [3.63, 3.8) is 0 Å². The Labute approximate surface area is 106 Å². The zero-order chi connectivity index (χ0) is 13.4. The van der Waals surface area contributed by atoms with E-state index in [2.05, 4.69) is 0 Å². The summed E-state index contributed by atoms with van der Waals surface area (Å²) in [7, 11) is 3.18. The van der Waals surface area contributed by atoms with Crippen molar-refractivity contribution in [1.82, 2.24) is 0 Å². The van der Waals surface area contributed by atoms with Gasteiger partial charge >= 0.3 is 5.97 Å². The molecule has 1 rings (SSSR count). The number of ether oxygens (including phenoxy) is 3. The first kappa shape index (κ1) is 14.3. The first-order valence-electron chi connectivity index (χ1n) is 5.67. The molecule has 100 valence electrons. The highest BCUT2D eigenvalue weighted by Crippen LogP contribution is 2.28. The van der Waals surface area contributed by atoms with Crippen LogP contribution >= 0.6 is 0 Å². The van der Waals surface area contributed by atoms with Crippen LogP contribution in [0.1, 0.15) is 12.0 Å². The van der Waals surface area contributed by atoms with Gasteiger partial charge in [-0.1, -0.05) is 6.07 Å². The van der Waals surface area contributed by atoms with Gasteiger partial charge in [0.05, 0.1) is 20.1 Å². The number of carboxylic acid groups (broad SMARTS) is 1. The van der Waals surface area contributed by atoms with Crippen molar-refractivity contribution in [2.45, 2.75) is 12.8 Å².